The van der Waals surface area contributed by atoms with E-state index in [2.05, 4.69) is 6.92 Å². The summed E-state index contributed by atoms with van der Waals surface area (Å²) in [6, 6.07) is 13.5. The van der Waals surface area contributed by atoms with Crippen molar-refractivity contribution in [1.82, 2.24) is 0 Å². The number of unbranched alkanes of at least 4 members (excludes halogenated alkanes) is 6. The van der Waals surface area contributed by atoms with Crippen molar-refractivity contribution in [1.29, 1.82) is 0 Å². The number of phenols is 3. The average molecular weight is 360 g/mol. The van der Waals surface area contributed by atoms with Crippen LogP contribution in [0.1, 0.15) is 57.4 Å². The Hall–Kier alpha value is -2.49. The van der Waals surface area contributed by atoms with Gasteiger partial charge in [0.2, 0.25) is 0 Å². The lowest BCUT2D eigenvalue weighted by molar-refractivity contribution is -0.0979. The van der Waals surface area contributed by atoms with Crippen LogP contribution >= 0.6 is 0 Å². The Balaban J connectivity index is 0.000000522. The average Bonchev–Trinajstić information content (AvgIpc) is 2.64. The fourth-order valence-electron chi connectivity index (χ4n) is 2.49. The molecule has 0 aromatic heterocycles. The second-order valence-electron chi connectivity index (χ2n) is 6.02. The Morgan fingerprint density at radius 1 is 0.731 bits per heavy atom. The van der Waals surface area contributed by atoms with Crippen molar-refractivity contribution in [2.24, 2.45) is 0 Å². The molecule has 3 N–H and O–H groups in total. The quantitative estimate of drug-likeness (QED) is 0.536. The molecule has 0 saturated heterocycles. The van der Waals surface area contributed by atoms with Crippen LogP contribution in [0.15, 0.2) is 48.5 Å². The zero-order valence-electron chi connectivity index (χ0n) is 15.7. The van der Waals surface area contributed by atoms with Gasteiger partial charge in [-0.3, -0.25) is 0 Å². The van der Waals surface area contributed by atoms with Crippen molar-refractivity contribution < 1.29 is 20.1 Å². The zero-order chi connectivity index (χ0) is 19.6. The van der Waals surface area contributed by atoms with E-state index in [-0.39, 0.29) is 11.5 Å². The SMILES string of the molecule is C=O.CCCCCCCCCc1ccccc1O.Oc1cccc(O)c1. The Bertz CT molecular complexity index is 567. The van der Waals surface area contributed by atoms with Gasteiger partial charge in [-0.05, 0) is 36.6 Å². The summed E-state index contributed by atoms with van der Waals surface area (Å²) in [6.45, 7) is 4.25. The molecule has 0 unspecified atom stereocenters. The number of carbonyl (C=O) groups is 1. The van der Waals surface area contributed by atoms with Crippen molar-refractivity contribution in [2.75, 3.05) is 0 Å². The summed E-state index contributed by atoms with van der Waals surface area (Å²) in [6.07, 6.45) is 10.3. The molecular weight excluding hydrogens is 328 g/mol. The number of para-hydroxylation sites is 1. The van der Waals surface area contributed by atoms with Gasteiger partial charge in [-0.2, -0.15) is 0 Å². The molecule has 144 valence electrons. The van der Waals surface area contributed by atoms with E-state index in [1.165, 1.54) is 63.1 Å². The van der Waals surface area contributed by atoms with Gasteiger partial charge >= 0.3 is 0 Å². The number of aryl methyl sites for hydroxylation is 1. The number of aromatic hydroxyl groups is 3. The first-order chi connectivity index (χ1) is 12.6. The minimum atomic E-state index is 0.0880. The molecule has 2 rings (SSSR count). The van der Waals surface area contributed by atoms with E-state index in [0.29, 0.717) is 5.75 Å². The first-order valence-corrected chi connectivity index (χ1v) is 9.17. The summed E-state index contributed by atoms with van der Waals surface area (Å²) >= 11 is 0. The molecule has 0 bridgehead atoms. The molecular formula is C22H32O4. The number of hydrogen-bond acceptors (Lipinski definition) is 4. The van der Waals surface area contributed by atoms with Gasteiger partial charge in [0.15, 0.2) is 0 Å². The van der Waals surface area contributed by atoms with E-state index in [4.69, 9.17) is 15.0 Å². The van der Waals surface area contributed by atoms with Crippen molar-refractivity contribution in [3.8, 4) is 17.2 Å². The molecule has 4 heteroatoms. The van der Waals surface area contributed by atoms with E-state index < -0.39 is 0 Å². The van der Waals surface area contributed by atoms with Gasteiger partial charge in [0.1, 0.15) is 24.0 Å². The third kappa shape index (κ3) is 12.0. The smallest absolute Gasteiger partial charge is 0.119 e. The molecule has 26 heavy (non-hydrogen) atoms. The topological polar surface area (TPSA) is 77.8 Å². The molecule has 0 spiro atoms. The highest BCUT2D eigenvalue weighted by molar-refractivity contribution is 5.31. The lowest BCUT2D eigenvalue weighted by Crippen LogP contribution is -1.87. The fourth-order valence-corrected chi connectivity index (χ4v) is 2.49. The van der Waals surface area contributed by atoms with Crippen molar-refractivity contribution >= 4 is 6.79 Å². The molecule has 0 saturated carbocycles. The van der Waals surface area contributed by atoms with Crippen molar-refractivity contribution in [2.45, 2.75) is 58.3 Å². The predicted octanol–water partition coefficient (Wildman–Crippen LogP) is 5.60. The number of hydrogen-bond donors (Lipinski definition) is 3. The summed E-state index contributed by atoms with van der Waals surface area (Å²) in [5.41, 5.74) is 1.09. The summed E-state index contributed by atoms with van der Waals surface area (Å²) in [5, 5.41) is 26.9. The van der Waals surface area contributed by atoms with E-state index >= 15 is 0 Å². The van der Waals surface area contributed by atoms with Gasteiger partial charge in [0.25, 0.3) is 0 Å². The minimum Gasteiger partial charge on any atom is -0.508 e. The van der Waals surface area contributed by atoms with Crippen LogP contribution in [0.3, 0.4) is 0 Å². The molecule has 0 radical (unpaired) electrons. The van der Waals surface area contributed by atoms with Gasteiger partial charge in [-0.1, -0.05) is 69.7 Å². The third-order valence-corrected chi connectivity index (χ3v) is 3.87. The molecule has 0 aliphatic rings. The molecule has 0 heterocycles. The maximum Gasteiger partial charge on any atom is 0.119 e. The van der Waals surface area contributed by atoms with Gasteiger partial charge < -0.3 is 20.1 Å². The minimum absolute atomic E-state index is 0.0880. The summed E-state index contributed by atoms with van der Waals surface area (Å²) in [4.78, 5) is 8.00. The number of phenolic OH excluding ortho intramolecular Hbond substituents is 3. The Kier molecular flexibility index (Phi) is 14.5. The molecule has 0 aliphatic heterocycles. The van der Waals surface area contributed by atoms with E-state index in [1.54, 1.807) is 12.1 Å². The molecule has 2 aromatic rings. The van der Waals surface area contributed by atoms with Crippen LogP contribution in [0, 0.1) is 0 Å². The van der Waals surface area contributed by atoms with Crippen molar-refractivity contribution in [3.05, 3.63) is 54.1 Å². The van der Waals surface area contributed by atoms with Crippen LogP contribution in [-0.2, 0) is 11.2 Å². The number of rotatable bonds is 8. The molecule has 4 nitrogen and oxygen atoms in total. The standard InChI is InChI=1S/C15H24O.C6H6O2.CH2O/c1-2-3-4-5-6-7-8-11-14-12-9-10-13-15(14)16;7-5-2-1-3-6(8)4-5;1-2/h9-10,12-13,16H,2-8,11H2,1H3;1-4,7-8H;1H2. The van der Waals surface area contributed by atoms with Gasteiger partial charge in [-0.15, -0.1) is 0 Å². The summed E-state index contributed by atoms with van der Waals surface area (Å²) in [5.74, 6) is 0.628. The fraction of sp³-hybridized carbons (Fsp3) is 0.409. The summed E-state index contributed by atoms with van der Waals surface area (Å²) < 4.78 is 0. The summed E-state index contributed by atoms with van der Waals surface area (Å²) in [7, 11) is 0. The maximum atomic E-state index is 9.58. The highest BCUT2D eigenvalue weighted by Gasteiger charge is 1.98. The van der Waals surface area contributed by atoms with Gasteiger partial charge in [-0.25, -0.2) is 0 Å². The molecule has 0 fully saturated rings. The molecule has 0 atom stereocenters. The third-order valence-electron chi connectivity index (χ3n) is 3.87. The maximum absolute atomic E-state index is 9.58. The predicted molar refractivity (Wildman–Crippen MR) is 107 cm³/mol. The van der Waals surface area contributed by atoms with Crippen molar-refractivity contribution in [3.63, 3.8) is 0 Å². The zero-order valence-corrected chi connectivity index (χ0v) is 15.7. The van der Waals surface area contributed by atoms with Gasteiger partial charge in [0.05, 0.1) is 0 Å². The normalized spacial score (nSPS) is 9.42. The van der Waals surface area contributed by atoms with Crippen LogP contribution < -0.4 is 0 Å². The highest BCUT2D eigenvalue weighted by atomic mass is 16.3. The first-order valence-electron chi connectivity index (χ1n) is 9.17. The molecule has 2 aromatic carbocycles. The first kappa shape index (κ1) is 23.5. The van der Waals surface area contributed by atoms with Gasteiger partial charge in [0, 0.05) is 6.07 Å². The molecule has 0 amide bonds. The lowest BCUT2D eigenvalue weighted by atomic mass is 10.0. The monoisotopic (exact) mass is 360 g/mol. The number of carbonyl (C=O) groups excluding carboxylic acids is 1. The van der Waals surface area contributed by atoms with Crippen LogP contribution in [-0.4, -0.2) is 22.1 Å². The van der Waals surface area contributed by atoms with E-state index in [0.717, 1.165) is 12.0 Å². The largest absolute Gasteiger partial charge is 0.508 e. The van der Waals surface area contributed by atoms with Crippen LogP contribution in [0.5, 0.6) is 17.2 Å². The molecule has 0 aliphatic carbocycles. The van der Waals surface area contributed by atoms with E-state index in [9.17, 15) is 5.11 Å². The lowest BCUT2D eigenvalue weighted by Gasteiger charge is -2.04. The second kappa shape index (κ2) is 16.0. The second-order valence-corrected chi connectivity index (χ2v) is 6.02. The number of benzene rings is 2. The Morgan fingerprint density at radius 2 is 1.27 bits per heavy atom. The Labute approximate surface area is 157 Å². The Morgan fingerprint density at radius 3 is 1.77 bits per heavy atom. The highest BCUT2D eigenvalue weighted by Crippen LogP contribution is 2.19. The van der Waals surface area contributed by atoms with Crippen LogP contribution in [0.2, 0.25) is 0 Å². The van der Waals surface area contributed by atoms with Crippen LogP contribution in [0.25, 0.3) is 0 Å². The van der Waals surface area contributed by atoms with E-state index in [1.807, 2.05) is 25.0 Å². The van der Waals surface area contributed by atoms with Crippen LogP contribution in [0.4, 0.5) is 0 Å².